The second-order valence-corrected chi connectivity index (χ2v) is 4.40. The summed E-state index contributed by atoms with van der Waals surface area (Å²) < 4.78 is 0. The molecule has 0 saturated carbocycles. The molecule has 2 aliphatic heterocycles. The van der Waals surface area contributed by atoms with Crippen LogP contribution in [0.4, 0.5) is 0 Å². The third-order valence-corrected chi connectivity index (χ3v) is 3.73. The predicted molar refractivity (Wildman–Crippen MR) is 49.0 cm³/mol. The van der Waals surface area contributed by atoms with Gasteiger partial charge in [-0.25, -0.2) is 0 Å². The molecule has 0 amide bonds. The van der Waals surface area contributed by atoms with Crippen molar-refractivity contribution in [2.75, 3.05) is 13.7 Å². The molecule has 2 aliphatic rings. The Morgan fingerprint density at radius 3 is 2.33 bits per heavy atom. The van der Waals surface area contributed by atoms with Crippen molar-refractivity contribution in [1.29, 1.82) is 0 Å². The van der Waals surface area contributed by atoms with E-state index in [1.807, 2.05) is 0 Å². The van der Waals surface area contributed by atoms with Crippen molar-refractivity contribution >= 4 is 0 Å². The van der Waals surface area contributed by atoms with Crippen molar-refractivity contribution in [1.82, 2.24) is 4.90 Å². The summed E-state index contributed by atoms with van der Waals surface area (Å²) in [5.74, 6) is 0.809. The molecule has 2 unspecified atom stereocenters. The van der Waals surface area contributed by atoms with Gasteiger partial charge in [-0.1, -0.05) is 0 Å². The summed E-state index contributed by atoms with van der Waals surface area (Å²) in [7, 11) is 2.26. The lowest BCUT2D eigenvalue weighted by Gasteiger charge is -2.36. The zero-order valence-electron chi connectivity index (χ0n) is 7.87. The fourth-order valence-electron chi connectivity index (χ4n) is 2.94. The van der Waals surface area contributed by atoms with Crippen LogP contribution in [0.25, 0.3) is 0 Å². The first-order valence-electron chi connectivity index (χ1n) is 5.14. The Morgan fingerprint density at radius 1 is 1.25 bits per heavy atom. The molecule has 70 valence electrons. The summed E-state index contributed by atoms with van der Waals surface area (Å²) in [6.07, 6.45) is 6.47. The van der Waals surface area contributed by atoms with Gasteiger partial charge in [-0.05, 0) is 45.1 Å². The van der Waals surface area contributed by atoms with E-state index in [1.165, 1.54) is 25.7 Å². The molecule has 0 aromatic rings. The highest BCUT2D eigenvalue weighted by molar-refractivity contribution is 4.93. The van der Waals surface area contributed by atoms with Gasteiger partial charge in [0, 0.05) is 18.7 Å². The SMILES string of the molecule is CN1C2CCC1CC(CCO)C2. The van der Waals surface area contributed by atoms with Gasteiger partial charge in [0.05, 0.1) is 0 Å². The van der Waals surface area contributed by atoms with Crippen LogP contribution in [0.5, 0.6) is 0 Å². The molecule has 1 N–H and O–H groups in total. The largest absolute Gasteiger partial charge is 0.396 e. The van der Waals surface area contributed by atoms with Crippen LogP contribution in [0.3, 0.4) is 0 Å². The summed E-state index contributed by atoms with van der Waals surface area (Å²) in [5, 5.41) is 8.86. The summed E-state index contributed by atoms with van der Waals surface area (Å²) in [4.78, 5) is 2.55. The van der Waals surface area contributed by atoms with E-state index < -0.39 is 0 Å². The number of hydrogen-bond donors (Lipinski definition) is 1. The van der Waals surface area contributed by atoms with Crippen LogP contribution in [0.2, 0.25) is 0 Å². The second-order valence-electron chi connectivity index (χ2n) is 4.40. The van der Waals surface area contributed by atoms with Crippen LogP contribution < -0.4 is 0 Å². The minimum Gasteiger partial charge on any atom is -0.396 e. The second kappa shape index (κ2) is 3.35. The fourth-order valence-corrected chi connectivity index (χ4v) is 2.94. The number of hydrogen-bond acceptors (Lipinski definition) is 2. The Morgan fingerprint density at radius 2 is 1.83 bits per heavy atom. The maximum atomic E-state index is 8.86. The highest BCUT2D eigenvalue weighted by atomic mass is 16.3. The third-order valence-electron chi connectivity index (χ3n) is 3.73. The maximum absolute atomic E-state index is 8.86. The number of piperidine rings is 1. The van der Waals surface area contributed by atoms with Crippen molar-refractivity contribution < 1.29 is 5.11 Å². The predicted octanol–water partition coefficient (Wildman–Crippen LogP) is 1.24. The number of aliphatic hydroxyl groups excluding tert-OH is 1. The lowest BCUT2D eigenvalue weighted by molar-refractivity contribution is 0.116. The summed E-state index contributed by atoms with van der Waals surface area (Å²) in [6, 6.07) is 1.67. The van der Waals surface area contributed by atoms with Crippen molar-refractivity contribution in [3.8, 4) is 0 Å². The van der Waals surface area contributed by atoms with E-state index in [9.17, 15) is 0 Å². The Kier molecular flexibility index (Phi) is 2.37. The molecule has 2 nitrogen and oxygen atoms in total. The zero-order chi connectivity index (χ0) is 8.55. The molecule has 2 atom stereocenters. The van der Waals surface area contributed by atoms with E-state index in [2.05, 4.69) is 11.9 Å². The van der Waals surface area contributed by atoms with Crippen LogP contribution in [0.1, 0.15) is 32.1 Å². The molecule has 2 saturated heterocycles. The van der Waals surface area contributed by atoms with E-state index in [-0.39, 0.29) is 0 Å². The first-order valence-corrected chi connectivity index (χ1v) is 5.14. The molecule has 0 radical (unpaired) electrons. The van der Waals surface area contributed by atoms with E-state index >= 15 is 0 Å². The molecule has 0 spiro atoms. The van der Waals surface area contributed by atoms with Crippen LogP contribution in [-0.2, 0) is 0 Å². The maximum Gasteiger partial charge on any atom is 0.0433 e. The van der Waals surface area contributed by atoms with Crippen LogP contribution in [0, 0.1) is 5.92 Å². The van der Waals surface area contributed by atoms with Gasteiger partial charge in [0.25, 0.3) is 0 Å². The Hall–Kier alpha value is -0.0800. The molecule has 2 rings (SSSR count). The first-order chi connectivity index (χ1) is 5.81. The van der Waals surface area contributed by atoms with E-state index in [4.69, 9.17) is 5.11 Å². The molecule has 12 heavy (non-hydrogen) atoms. The smallest absolute Gasteiger partial charge is 0.0433 e. The molecule has 2 heterocycles. The monoisotopic (exact) mass is 169 g/mol. The van der Waals surface area contributed by atoms with Crippen molar-refractivity contribution in [3.05, 3.63) is 0 Å². The first kappa shape index (κ1) is 8.52. The highest BCUT2D eigenvalue weighted by Crippen LogP contribution is 2.38. The number of aliphatic hydroxyl groups is 1. The van der Waals surface area contributed by atoms with Gasteiger partial charge in [0.2, 0.25) is 0 Å². The topological polar surface area (TPSA) is 23.5 Å². The summed E-state index contributed by atoms with van der Waals surface area (Å²) in [6.45, 7) is 0.383. The molecular formula is C10H19NO. The summed E-state index contributed by atoms with van der Waals surface area (Å²) in [5.41, 5.74) is 0. The number of nitrogens with zero attached hydrogens (tertiary/aromatic N) is 1. The van der Waals surface area contributed by atoms with Gasteiger partial charge >= 0.3 is 0 Å². The number of fused-ring (bicyclic) bond motifs is 2. The molecule has 2 bridgehead atoms. The zero-order valence-corrected chi connectivity index (χ0v) is 7.87. The van der Waals surface area contributed by atoms with Crippen LogP contribution in [0.15, 0.2) is 0 Å². The fraction of sp³-hybridized carbons (Fsp3) is 1.00. The molecule has 0 aliphatic carbocycles. The van der Waals surface area contributed by atoms with E-state index in [1.54, 1.807) is 0 Å². The van der Waals surface area contributed by atoms with Crippen molar-refractivity contribution in [2.45, 2.75) is 44.2 Å². The van der Waals surface area contributed by atoms with E-state index in [0.29, 0.717) is 6.61 Å². The Balaban J connectivity index is 1.93. The average molecular weight is 169 g/mol. The van der Waals surface area contributed by atoms with Gasteiger partial charge in [-0.2, -0.15) is 0 Å². The molecule has 0 aromatic heterocycles. The third kappa shape index (κ3) is 1.38. The highest BCUT2D eigenvalue weighted by Gasteiger charge is 2.37. The molecular weight excluding hydrogens is 150 g/mol. The van der Waals surface area contributed by atoms with Gasteiger partial charge < -0.3 is 10.0 Å². The quantitative estimate of drug-likeness (QED) is 0.672. The molecule has 2 fully saturated rings. The average Bonchev–Trinajstić information content (AvgIpc) is 2.33. The van der Waals surface area contributed by atoms with Crippen LogP contribution >= 0.6 is 0 Å². The van der Waals surface area contributed by atoms with Gasteiger partial charge in [0.15, 0.2) is 0 Å². The standard InChI is InChI=1S/C10H19NO/c1-11-9-2-3-10(11)7-8(6-9)4-5-12/h8-10,12H,2-7H2,1H3. The van der Waals surface area contributed by atoms with Crippen molar-refractivity contribution in [3.63, 3.8) is 0 Å². The Labute approximate surface area is 74.6 Å². The normalized spacial score (nSPS) is 42.0. The van der Waals surface area contributed by atoms with Crippen LogP contribution in [-0.4, -0.2) is 35.7 Å². The summed E-state index contributed by atoms with van der Waals surface area (Å²) >= 11 is 0. The van der Waals surface area contributed by atoms with Crippen molar-refractivity contribution in [2.24, 2.45) is 5.92 Å². The lowest BCUT2D eigenvalue weighted by Crippen LogP contribution is -2.40. The number of rotatable bonds is 2. The molecule has 2 heteroatoms. The van der Waals surface area contributed by atoms with Gasteiger partial charge in [-0.15, -0.1) is 0 Å². The minimum absolute atomic E-state index is 0.383. The van der Waals surface area contributed by atoms with Gasteiger partial charge in [0.1, 0.15) is 0 Å². The lowest BCUT2D eigenvalue weighted by atomic mass is 9.89. The van der Waals surface area contributed by atoms with E-state index in [0.717, 1.165) is 24.4 Å². The minimum atomic E-state index is 0.383. The Bertz CT molecular complexity index is 146. The van der Waals surface area contributed by atoms with Gasteiger partial charge in [-0.3, -0.25) is 0 Å². The molecule has 0 aromatic carbocycles.